The second-order valence-electron chi connectivity index (χ2n) is 5.95. The minimum atomic E-state index is -0.320. The van der Waals surface area contributed by atoms with E-state index >= 15 is 0 Å². The first kappa shape index (κ1) is 19.6. The molecule has 0 aliphatic carbocycles. The highest BCUT2D eigenvalue weighted by Gasteiger charge is 2.17. The molecule has 2 aromatic carbocycles. The molecule has 2 aromatic heterocycles. The van der Waals surface area contributed by atoms with Crippen LogP contribution in [0, 0.1) is 11.3 Å². The third kappa shape index (κ3) is 4.17. The zero-order valence-electron chi connectivity index (χ0n) is 15.3. The number of hydrogen-bond donors (Lipinski definition) is 1. The first-order valence-electron chi connectivity index (χ1n) is 8.66. The molecule has 11 heteroatoms. The Bertz CT molecular complexity index is 1210. The first-order chi connectivity index (χ1) is 14.7. The molecule has 0 spiro atoms. The lowest BCUT2D eigenvalue weighted by atomic mass is 10.3. The Morgan fingerprint density at radius 2 is 1.83 bits per heavy atom. The molecule has 0 saturated carbocycles. The second kappa shape index (κ2) is 8.77. The van der Waals surface area contributed by atoms with Crippen LogP contribution in [0.3, 0.4) is 0 Å². The van der Waals surface area contributed by atoms with Crippen molar-refractivity contribution in [2.75, 3.05) is 11.1 Å². The summed E-state index contributed by atoms with van der Waals surface area (Å²) in [4.78, 5) is 12.6. The van der Waals surface area contributed by atoms with E-state index in [2.05, 4.69) is 25.9 Å². The fourth-order valence-electron chi connectivity index (χ4n) is 2.63. The summed E-state index contributed by atoms with van der Waals surface area (Å²) < 4.78 is 3.03. The van der Waals surface area contributed by atoms with Crippen LogP contribution in [0.25, 0.3) is 11.4 Å². The van der Waals surface area contributed by atoms with Crippen LogP contribution >= 0.6 is 23.4 Å². The predicted octanol–water partition coefficient (Wildman–Crippen LogP) is 3.10. The molecule has 4 aromatic rings. The third-order valence-electron chi connectivity index (χ3n) is 3.99. The van der Waals surface area contributed by atoms with E-state index in [4.69, 9.17) is 11.6 Å². The van der Waals surface area contributed by atoms with Gasteiger partial charge < -0.3 is 5.32 Å². The lowest BCUT2D eigenvalue weighted by Crippen LogP contribution is -2.18. The number of nitriles is 1. The highest BCUT2D eigenvalue weighted by atomic mass is 35.5. The van der Waals surface area contributed by atoms with Crippen LogP contribution in [0.2, 0.25) is 5.02 Å². The summed E-state index contributed by atoms with van der Waals surface area (Å²) in [5.74, 6) is 0.0325. The van der Waals surface area contributed by atoms with E-state index in [9.17, 15) is 10.1 Å². The van der Waals surface area contributed by atoms with E-state index in [0.29, 0.717) is 16.0 Å². The monoisotopic (exact) mass is 436 g/mol. The van der Waals surface area contributed by atoms with E-state index in [1.165, 1.54) is 27.3 Å². The van der Waals surface area contributed by atoms with Crippen LogP contribution in [0.5, 0.6) is 0 Å². The molecule has 9 nitrogen and oxygen atoms in total. The van der Waals surface area contributed by atoms with Crippen LogP contribution in [0.4, 0.5) is 5.82 Å². The van der Waals surface area contributed by atoms with E-state index in [1.807, 2.05) is 36.4 Å². The Labute approximate surface area is 180 Å². The first-order valence-corrected chi connectivity index (χ1v) is 10.0. The Kier molecular flexibility index (Phi) is 5.74. The summed E-state index contributed by atoms with van der Waals surface area (Å²) in [6.45, 7) is 0. The van der Waals surface area contributed by atoms with Gasteiger partial charge in [0.1, 0.15) is 11.6 Å². The Balaban J connectivity index is 1.49. The predicted molar refractivity (Wildman–Crippen MR) is 112 cm³/mol. The van der Waals surface area contributed by atoms with Crippen LogP contribution < -0.4 is 5.32 Å². The minimum Gasteiger partial charge on any atom is -0.309 e. The third-order valence-corrected chi connectivity index (χ3v) is 5.16. The summed E-state index contributed by atoms with van der Waals surface area (Å²) >= 11 is 7.08. The average Bonchev–Trinajstić information content (AvgIpc) is 3.40. The fourth-order valence-corrected chi connectivity index (χ4v) is 3.44. The van der Waals surface area contributed by atoms with Crippen molar-refractivity contribution >= 4 is 35.1 Å². The van der Waals surface area contributed by atoms with Gasteiger partial charge in [0.15, 0.2) is 5.82 Å². The fraction of sp³-hybridized carbons (Fsp3) is 0.0526. The summed E-state index contributed by atoms with van der Waals surface area (Å²) in [6.07, 6.45) is 1.41. The number of amides is 1. The van der Waals surface area contributed by atoms with Crippen molar-refractivity contribution in [3.8, 4) is 17.4 Å². The number of tetrazole rings is 1. The van der Waals surface area contributed by atoms with E-state index in [1.54, 1.807) is 24.3 Å². The molecule has 2 heterocycles. The number of nitrogens with one attached hydrogen (secondary N) is 1. The van der Waals surface area contributed by atoms with Gasteiger partial charge in [-0.15, -0.1) is 5.10 Å². The number of aromatic nitrogens is 6. The molecule has 0 bridgehead atoms. The number of benzene rings is 2. The number of thioether (sulfide) groups is 1. The maximum atomic E-state index is 12.6. The quantitative estimate of drug-likeness (QED) is 0.462. The summed E-state index contributed by atoms with van der Waals surface area (Å²) in [5, 5.41) is 29.0. The van der Waals surface area contributed by atoms with Gasteiger partial charge in [-0.2, -0.15) is 15.0 Å². The van der Waals surface area contributed by atoms with Crippen molar-refractivity contribution in [3.05, 3.63) is 71.4 Å². The topological polar surface area (TPSA) is 114 Å². The molecule has 148 valence electrons. The molecule has 0 fully saturated rings. The number of rotatable bonds is 6. The molecule has 0 atom stereocenters. The standard InChI is InChI=1S/C19H13ClN8OS/c20-14-6-8-16(9-7-14)28-19(24-25-26-28)30-12-17(29)23-18-13(10-21)11-22-27(18)15-4-2-1-3-5-15/h1-9,11H,12H2,(H,23,29). The van der Waals surface area contributed by atoms with E-state index in [-0.39, 0.29) is 17.2 Å². The molecule has 0 unspecified atom stereocenters. The number of carbonyl (C=O) groups is 1. The Morgan fingerprint density at radius 3 is 2.57 bits per heavy atom. The number of anilines is 1. The largest absolute Gasteiger partial charge is 0.309 e. The highest BCUT2D eigenvalue weighted by molar-refractivity contribution is 7.99. The summed E-state index contributed by atoms with van der Waals surface area (Å²) in [5.41, 5.74) is 1.72. The van der Waals surface area contributed by atoms with Gasteiger partial charge in [-0.3, -0.25) is 4.79 Å². The number of carbonyl (C=O) groups excluding carboxylic acids is 1. The zero-order chi connectivity index (χ0) is 20.9. The van der Waals surface area contributed by atoms with Gasteiger partial charge in [-0.25, -0.2) is 4.68 Å². The zero-order valence-corrected chi connectivity index (χ0v) is 16.9. The Morgan fingerprint density at radius 1 is 1.10 bits per heavy atom. The normalized spacial score (nSPS) is 10.5. The maximum absolute atomic E-state index is 12.6. The van der Waals surface area contributed by atoms with Crippen molar-refractivity contribution in [2.24, 2.45) is 0 Å². The number of nitrogens with zero attached hydrogens (tertiary/aromatic N) is 7. The van der Waals surface area contributed by atoms with Gasteiger partial charge in [0.2, 0.25) is 11.1 Å². The minimum absolute atomic E-state index is 0.0405. The van der Waals surface area contributed by atoms with E-state index < -0.39 is 0 Å². The number of halogens is 1. The summed E-state index contributed by atoms with van der Waals surface area (Å²) in [7, 11) is 0. The van der Waals surface area contributed by atoms with Gasteiger partial charge in [0, 0.05) is 5.02 Å². The van der Waals surface area contributed by atoms with Gasteiger partial charge in [0.25, 0.3) is 0 Å². The van der Waals surface area contributed by atoms with Crippen LogP contribution in [-0.2, 0) is 4.79 Å². The smallest absolute Gasteiger partial charge is 0.236 e. The highest BCUT2D eigenvalue weighted by Crippen LogP contribution is 2.22. The molecule has 30 heavy (non-hydrogen) atoms. The lowest BCUT2D eigenvalue weighted by Gasteiger charge is -2.09. The van der Waals surface area contributed by atoms with Crippen molar-refractivity contribution in [1.29, 1.82) is 5.26 Å². The SMILES string of the molecule is N#Cc1cnn(-c2ccccc2)c1NC(=O)CSc1nnnn1-c1ccc(Cl)cc1. The van der Waals surface area contributed by atoms with Crippen LogP contribution in [0.15, 0.2) is 66.0 Å². The molecule has 1 N–H and O–H groups in total. The van der Waals surface area contributed by atoms with E-state index in [0.717, 1.165) is 11.4 Å². The van der Waals surface area contributed by atoms with Crippen molar-refractivity contribution in [3.63, 3.8) is 0 Å². The maximum Gasteiger partial charge on any atom is 0.236 e. The molecular weight excluding hydrogens is 424 g/mol. The molecule has 0 radical (unpaired) electrons. The van der Waals surface area contributed by atoms with Crippen molar-refractivity contribution in [1.82, 2.24) is 30.0 Å². The lowest BCUT2D eigenvalue weighted by molar-refractivity contribution is -0.113. The molecule has 0 aliphatic heterocycles. The van der Waals surface area contributed by atoms with Crippen LogP contribution in [-0.4, -0.2) is 41.6 Å². The van der Waals surface area contributed by atoms with Gasteiger partial charge in [-0.1, -0.05) is 41.6 Å². The molecule has 1 amide bonds. The summed E-state index contributed by atoms with van der Waals surface area (Å²) in [6, 6.07) is 18.3. The van der Waals surface area contributed by atoms with Crippen molar-refractivity contribution < 1.29 is 4.79 Å². The van der Waals surface area contributed by atoms with Gasteiger partial charge in [-0.05, 0) is 46.8 Å². The molecule has 4 rings (SSSR count). The molecule has 0 saturated heterocycles. The average molecular weight is 437 g/mol. The number of para-hydroxylation sites is 1. The Hall–Kier alpha value is -3.68. The van der Waals surface area contributed by atoms with Gasteiger partial charge in [0.05, 0.1) is 23.3 Å². The van der Waals surface area contributed by atoms with Crippen molar-refractivity contribution in [2.45, 2.75) is 5.16 Å². The molecule has 0 aliphatic rings. The second-order valence-corrected chi connectivity index (χ2v) is 7.33. The number of hydrogen-bond acceptors (Lipinski definition) is 7. The van der Waals surface area contributed by atoms with Gasteiger partial charge >= 0.3 is 0 Å². The molecular formula is C19H13ClN8OS. The van der Waals surface area contributed by atoms with Crippen LogP contribution in [0.1, 0.15) is 5.56 Å².